The Morgan fingerprint density at radius 3 is 2.66 bits per heavy atom. The molecule has 0 aliphatic carbocycles. The highest BCUT2D eigenvalue weighted by atomic mass is 79.9. The second-order valence-corrected chi connectivity index (χ2v) is 9.11. The Morgan fingerprint density at radius 2 is 1.97 bits per heavy atom. The zero-order valence-corrected chi connectivity index (χ0v) is 20.6. The van der Waals surface area contributed by atoms with Gasteiger partial charge in [0.05, 0.1) is 28.6 Å². The third-order valence-electron chi connectivity index (χ3n) is 4.23. The minimum absolute atomic E-state index is 0.0143. The van der Waals surface area contributed by atoms with E-state index in [1.165, 1.54) is 18.2 Å². The summed E-state index contributed by atoms with van der Waals surface area (Å²) in [6.07, 6.45) is 0. The Kier molecular flexibility index (Phi) is 8.52. The summed E-state index contributed by atoms with van der Waals surface area (Å²) >= 11 is 16.3. The van der Waals surface area contributed by atoms with Crippen LogP contribution in [0.15, 0.2) is 46.0 Å². The van der Waals surface area contributed by atoms with E-state index in [0.717, 1.165) is 11.8 Å². The number of thioether (sulfide) groups is 1. The number of aromatic nitrogens is 3. The van der Waals surface area contributed by atoms with E-state index in [4.69, 9.17) is 23.2 Å². The van der Waals surface area contributed by atoms with Gasteiger partial charge in [0.15, 0.2) is 11.0 Å². The molecule has 0 saturated heterocycles. The number of hydrogen-bond acceptors (Lipinski definition) is 5. The van der Waals surface area contributed by atoms with Crippen molar-refractivity contribution < 1.29 is 14.0 Å². The first kappa shape index (κ1) is 24.5. The zero-order valence-electron chi connectivity index (χ0n) is 16.7. The molecule has 2 amide bonds. The smallest absolute Gasteiger partial charge is 0.253 e. The van der Waals surface area contributed by atoms with E-state index in [1.54, 1.807) is 22.8 Å². The van der Waals surface area contributed by atoms with Crippen LogP contribution in [0.2, 0.25) is 10.0 Å². The third kappa shape index (κ3) is 6.22. The lowest BCUT2D eigenvalue weighted by molar-refractivity contribution is -0.113. The van der Waals surface area contributed by atoms with Crippen molar-refractivity contribution in [3.63, 3.8) is 0 Å². The Morgan fingerprint density at radius 1 is 1.19 bits per heavy atom. The number of amides is 2. The number of anilines is 1. The first-order valence-electron chi connectivity index (χ1n) is 9.31. The van der Waals surface area contributed by atoms with Crippen LogP contribution in [0.4, 0.5) is 10.1 Å². The number of benzene rings is 2. The van der Waals surface area contributed by atoms with E-state index < -0.39 is 5.82 Å². The monoisotopic (exact) mass is 559 g/mol. The van der Waals surface area contributed by atoms with Gasteiger partial charge in [-0.1, -0.05) is 50.9 Å². The molecule has 12 heteroatoms. The van der Waals surface area contributed by atoms with Gasteiger partial charge in [0.25, 0.3) is 5.91 Å². The molecule has 0 aliphatic heterocycles. The lowest BCUT2D eigenvalue weighted by atomic mass is 10.2. The van der Waals surface area contributed by atoms with Crippen molar-refractivity contribution in [2.75, 3.05) is 11.1 Å². The summed E-state index contributed by atoms with van der Waals surface area (Å²) in [6, 6.07) is 9.00. The Labute approximate surface area is 206 Å². The van der Waals surface area contributed by atoms with Crippen LogP contribution in [-0.4, -0.2) is 32.3 Å². The van der Waals surface area contributed by atoms with Crippen LogP contribution in [0.3, 0.4) is 0 Å². The molecule has 168 valence electrons. The third-order valence-corrected chi connectivity index (χ3v) is 6.24. The fourth-order valence-corrected chi connectivity index (χ4v) is 4.36. The molecule has 0 aliphatic rings. The molecular formula is C20H17BrCl2FN5O2S. The van der Waals surface area contributed by atoms with Gasteiger partial charge in [-0.05, 0) is 43.3 Å². The molecule has 0 bridgehead atoms. The normalized spacial score (nSPS) is 10.8. The summed E-state index contributed by atoms with van der Waals surface area (Å²) in [4.78, 5) is 24.6. The fraction of sp³-hybridized carbons (Fsp3) is 0.200. The number of rotatable bonds is 8. The maximum absolute atomic E-state index is 13.9. The summed E-state index contributed by atoms with van der Waals surface area (Å²) in [7, 11) is 0. The lowest BCUT2D eigenvalue weighted by Crippen LogP contribution is -2.25. The first-order valence-corrected chi connectivity index (χ1v) is 11.8. The van der Waals surface area contributed by atoms with Crippen molar-refractivity contribution in [2.24, 2.45) is 0 Å². The van der Waals surface area contributed by atoms with Gasteiger partial charge in [0.1, 0.15) is 5.82 Å². The number of nitrogens with zero attached hydrogens (tertiary/aromatic N) is 3. The van der Waals surface area contributed by atoms with Crippen molar-refractivity contribution in [3.8, 4) is 0 Å². The molecule has 0 fully saturated rings. The molecule has 3 aromatic rings. The van der Waals surface area contributed by atoms with E-state index in [-0.39, 0.29) is 34.8 Å². The van der Waals surface area contributed by atoms with Gasteiger partial charge in [-0.25, -0.2) is 4.39 Å². The second kappa shape index (κ2) is 11.1. The maximum Gasteiger partial charge on any atom is 0.253 e. The summed E-state index contributed by atoms with van der Waals surface area (Å²) < 4.78 is 16.2. The summed E-state index contributed by atoms with van der Waals surface area (Å²) in [5, 5.41) is 14.7. The highest BCUT2D eigenvalue weighted by Gasteiger charge is 2.16. The lowest BCUT2D eigenvalue weighted by Gasteiger charge is -2.10. The van der Waals surface area contributed by atoms with Gasteiger partial charge in [0.2, 0.25) is 5.91 Å². The molecule has 32 heavy (non-hydrogen) atoms. The molecule has 0 spiro atoms. The minimum Gasteiger partial charge on any atom is -0.345 e. The SMILES string of the molecule is CCn1c(CNC(=O)c2ccc(Cl)cc2Cl)nnc1SCC(=O)Nc1ccc(Br)cc1F. The van der Waals surface area contributed by atoms with E-state index in [2.05, 4.69) is 36.8 Å². The molecule has 0 unspecified atom stereocenters. The van der Waals surface area contributed by atoms with Crippen LogP contribution >= 0.6 is 50.9 Å². The standard InChI is InChI=1S/C20H17BrCl2FN5O2S/c1-2-29-17(9-25-19(31)13-5-4-12(22)8-14(13)23)27-28-20(29)32-10-18(30)26-16-6-3-11(21)7-15(16)24/h3-8H,2,9-10H2,1H3,(H,25,31)(H,26,30). The van der Waals surface area contributed by atoms with Gasteiger partial charge < -0.3 is 15.2 Å². The number of hydrogen-bond donors (Lipinski definition) is 2. The minimum atomic E-state index is -0.534. The zero-order chi connectivity index (χ0) is 23.3. The number of carbonyl (C=O) groups is 2. The molecule has 7 nitrogen and oxygen atoms in total. The van der Waals surface area contributed by atoms with Crippen LogP contribution in [0, 0.1) is 5.82 Å². The van der Waals surface area contributed by atoms with Crippen LogP contribution in [0.5, 0.6) is 0 Å². The van der Waals surface area contributed by atoms with Crippen molar-refractivity contribution in [2.45, 2.75) is 25.2 Å². The van der Waals surface area contributed by atoms with Crippen molar-refractivity contribution in [1.82, 2.24) is 20.1 Å². The first-order chi connectivity index (χ1) is 15.3. The molecule has 2 aromatic carbocycles. The molecule has 0 atom stereocenters. The highest BCUT2D eigenvalue weighted by Crippen LogP contribution is 2.22. The van der Waals surface area contributed by atoms with Gasteiger partial charge in [-0.15, -0.1) is 10.2 Å². The van der Waals surface area contributed by atoms with Crippen LogP contribution in [0.25, 0.3) is 0 Å². The van der Waals surface area contributed by atoms with Gasteiger partial charge in [-0.2, -0.15) is 0 Å². The maximum atomic E-state index is 13.9. The molecule has 1 aromatic heterocycles. The van der Waals surface area contributed by atoms with Crippen molar-refractivity contribution in [3.05, 3.63) is 68.1 Å². The van der Waals surface area contributed by atoms with Gasteiger partial charge in [-0.3, -0.25) is 9.59 Å². The Balaban J connectivity index is 1.59. The van der Waals surface area contributed by atoms with Gasteiger partial charge in [0, 0.05) is 16.0 Å². The highest BCUT2D eigenvalue weighted by molar-refractivity contribution is 9.10. The topological polar surface area (TPSA) is 88.9 Å². The quantitative estimate of drug-likeness (QED) is 0.371. The predicted octanol–water partition coefficient (Wildman–Crippen LogP) is 5.17. The Bertz CT molecular complexity index is 1160. The molecule has 0 saturated carbocycles. The van der Waals surface area contributed by atoms with Crippen molar-refractivity contribution >= 4 is 68.4 Å². The average molecular weight is 561 g/mol. The van der Waals surface area contributed by atoms with E-state index in [9.17, 15) is 14.0 Å². The van der Waals surface area contributed by atoms with E-state index in [0.29, 0.717) is 32.6 Å². The second-order valence-electron chi connectivity index (χ2n) is 6.41. The average Bonchev–Trinajstić information content (AvgIpc) is 3.14. The van der Waals surface area contributed by atoms with Crippen molar-refractivity contribution in [1.29, 1.82) is 0 Å². The van der Waals surface area contributed by atoms with E-state index in [1.807, 2.05) is 6.92 Å². The molecule has 1 heterocycles. The van der Waals surface area contributed by atoms with Gasteiger partial charge >= 0.3 is 0 Å². The largest absolute Gasteiger partial charge is 0.345 e. The van der Waals surface area contributed by atoms with Crippen LogP contribution < -0.4 is 10.6 Å². The number of carbonyl (C=O) groups excluding carboxylic acids is 2. The van der Waals surface area contributed by atoms with Crippen LogP contribution in [0.1, 0.15) is 23.1 Å². The molecule has 0 radical (unpaired) electrons. The Hall–Kier alpha value is -2.14. The number of nitrogens with one attached hydrogen (secondary N) is 2. The predicted molar refractivity (Wildman–Crippen MR) is 127 cm³/mol. The fourth-order valence-electron chi connectivity index (χ4n) is 2.71. The number of halogens is 4. The summed E-state index contributed by atoms with van der Waals surface area (Å²) in [5.74, 6) is -0.752. The molecule has 3 rings (SSSR count). The van der Waals surface area contributed by atoms with Crippen LogP contribution in [-0.2, 0) is 17.9 Å². The molecule has 2 N–H and O–H groups in total. The van der Waals surface area contributed by atoms with E-state index >= 15 is 0 Å². The molecular weight excluding hydrogens is 544 g/mol. The summed E-state index contributed by atoms with van der Waals surface area (Å²) in [5.41, 5.74) is 0.394. The summed E-state index contributed by atoms with van der Waals surface area (Å²) in [6.45, 7) is 2.55.